The molecular formula is C16H17F5N4O. The third-order valence-corrected chi connectivity index (χ3v) is 3.52. The quantitative estimate of drug-likeness (QED) is 0.666. The Morgan fingerprint density at radius 1 is 1.08 bits per heavy atom. The standard InChI is InChI=1S/C16H17F5N4O/c1-8(2)12(7-26)23-15-24-13(16(19,20)21)6-14(25-15)22-9-3-4-10(17)11(18)5-9/h3-6,8,12,26H,7H2,1-2H3,(H2,22,23,24,25)/t12-/m1/s1. The zero-order chi connectivity index (χ0) is 19.5. The zero-order valence-electron chi connectivity index (χ0n) is 13.9. The molecule has 0 fully saturated rings. The van der Waals surface area contributed by atoms with Crippen LogP contribution >= 0.6 is 0 Å². The first-order chi connectivity index (χ1) is 12.1. The summed E-state index contributed by atoms with van der Waals surface area (Å²) in [7, 11) is 0. The van der Waals surface area contributed by atoms with Crippen molar-refractivity contribution in [1.82, 2.24) is 9.97 Å². The van der Waals surface area contributed by atoms with Crippen LogP contribution in [-0.2, 0) is 6.18 Å². The maximum absolute atomic E-state index is 13.3. The molecule has 3 N–H and O–H groups in total. The average Bonchev–Trinajstić information content (AvgIpc) is 2.55. The molecule has 0 radical (unpaired) electrons. The van der Waals surface area contributed by atoms with E-state index in [4.69, 9.17) is 0 Å². The number of nitrogens with one attached hydrogen (secondary N) is 2. The van der Waals surface area contributed by atoms with Crippen molar-refractivity contribution in [2.24, 2.45) is 5.92 Å². The SMILES string of the molecule is CC(C)[C@@H](CO)Nc1nc(Nc2ccc(F)c(F)c2)cc(C(F)(F)F)n1. The number of nitrogens with zero attached hydrogens (tertiary/aromatic N) is 2. The molecule has 0 aliphatic heterocycles. The van der Waals surface area contributed by atoms with Gasteiger partial charge >= 0.3 is 6.18 Å². The Kier molecular flexibility index (Phi) is 5.96. The van der Waals surface area contributed by atoms with E-state index in [1.807, 2.05) is 0 Å². The molecule has 0 saturated carbocycles. The van der Waals surface area contributed by atoms with Crippen LogP contribution in [0, 0.1) is 17.6 Å². The summed E-state index contributed by atoms with van der Waals surface area (Å²) in [4.78, 5) is 7.32. The molecule has 0 unspecified atom stereocenters. The van der Waals surface area contributed by atoms with E-state index >= 15 is 0 Å². The van der Waals surface area contributed by atoms with E-state index in [0.29, 0.717) is 6.07 Å². The normalized spacial score (nSPS) is 13.0. The number of halogens is 5. The predicted molar refractivity (Wildman–Crippen MR) is 86.0 cm³/mol. The highest BCUT2D eigenvalue weighted by molar-refractivity contribution is 5.58. The van der Waals surface area contributed by atoms with E-state index in [-0.39, 0.29) is 30.0 Å². The number of anilines is 3. The summed E-state index contributed by atoms with van der Waals surface area (Å²) < 4.78 is 65.5. The monoisotopic (exact) mass is 376 g/mol. The number of aliphatic hydroxyl groups excluding tert-OH is 1. The maximum Gasteiger partial charge on any atom is 0.433 e. The van der Waals surface area contributed by atoms with Crippen molar-refractivity contribution in [3.8, 4) is 0 Å². The van der Waals surface area contributed by atoms with Gasteiger partial charge in [-0.3, -0.25) is 0 Å². The molecule has 142 valence electrons. The van der Waals surface area contributed by atoms with Gasteiger partial charge in [-0.2, -0.15) is 18.2 Å². The van der Waals surface area contributed by atoms with Crippen molar-refractivity contribution < 1.29 is 27.1 Å². The minimum atomic E-state index is -4.74. The highest BCUT2D eigenvalue weighted by Gasteiger charge is 2.34. The van der Waals surface area contributed by atoms with E-state index in [9.17, 15) is 27.1 Å². The van der Waals surface area contributed by atoms with Crippen LogP contribution in [0.1, 0.15) is 19.5 Å². The van der Waals surface area contributed by atoms with Crippen LogP contribution in [0.5, 0.6) is 0 Å². The van der Waals surface area contributed by atoms with Crippen molar-refractivity contribution in [1.29, 1.82) is 0 Å². The highest BCUT2D eigenvalue weighted by atomic mass is 19.4. The molecule has 0 saturated heterocycles. The molecule has 10 heteroatoms. The number of aliphatic hydroxyl groups is 1. The van der Waals surface area contributed by atoms with Gasteiger partial charge in [0.1, 0.15) is 5.82 Å². The smallest absolute Gasteiger partial charge is 0.394 e. The number of alkyl halides is 3. The fraction of sp³-hybridized carbons (Fsp3) is 0.375. The summed E-state index contributed by atoms with van der Waals surface area (Å²) >= 11 is 0. The molecule has 1 aromatic carbocycles. The van der Waals surface area contributed by atoms with Crippen LogP contribution in [0.25, 0.3) is 0 Å². The van der Waals surface area contributed by atoms with Gasteiger partial charge in [0, 0.05) is 17.8 Å². The lowest BCUT2D eigenvalue weighted by Gasteiger charge is -2.21. The summed E-state index contributed by atoms with van der Waals surface area (Å²) in [5.74, 6) is -2.95. The van der Waals surface area contributed by atoms with E-state index < -0.39 is 29.5 Å². The largest absolute Gasteiger partial charge is 0.433 e. The molecule has 1 heterocycles. The Bertz CT molecular complexity index is 767. The third kappa shape index (κ3) is 5.01. The Hall–Kier alpha value is -2.49. The van der Waals surface area contributed by atoms with Gasteiger partial charge in [0.05, 0.1) is 12.6 Å². The van der Waals surface area contributed by atoms with Gasteiger partial charge in [0.15, 0.2) is 17.3 Å². The van der Waals surface area contributed by atoms with Crippen molar-refractivity contribution in [2.45, 2.75) is 26.1 Å². The number of rotatable bonds is 6. The fourth-order valence-corrected chi connectivity index (χ4v) is 2.03. The van der Waals surface area contributed by atoms with Gasteiger partial charge in [0.2, 0.25) is 5.95 Å². The lowest BCUT2D eigenvalue weighted by molar-refractivity contribution is -0.141. The van der Waals surface area contributed by atoms with Crippen LogP contribution < -0.4 is 10.6 Å². The average molecular weight is 376 g/mol. The van der Waals surface area contributed by atoms with E-state index in [0.717, 1.165) is 18.2 Å². The summed E-state index contributed by atoms with van der Waals surface area (Å²) in [6, 6.07) is 2.88. The minimum Gasteiger partial charge on any atom is -0.394 e. The molecule has 0 bridgehead atoms. The Balaban J connectivity index is 2.38. The lowest BCUT2D eigenvalue weighted by atomic mass is 10.1. The maximum atomic E-state index is 13.3. The molecule has 5 nitrogen and oxygen atoms in total. The molecule has 0 amide bonds. The summed E-state index contributed by atoms with van der Waals surface area (Å²) in [6.45, 7) is 3.20. The second kappa shape index (κ2) is 7.81. The molecule has 0 aliphatic carbocycles. The molecule has 26 heavy (non-hydrogen) atoms. The molecule has 0 spiro atoms. The van der Waals surface area contributed by atoms with E-state index in [1.165, 1.54) is 0 Å². The van der Waals surface area contributed by atoms with Gasteiger partial charge in [0.25, 0.3) is 0 Å². The molecule has 0 aliphatic rings. The first-order valence-electron chi connectivity index (χ1n) is 7.66. The predicted octanol–water partition coefficient (Wildman–Crippen LogP) is 3.95. The second-order valence-electron chi connectivity index (χ2n) is 5.89. The molecular weight excluding hydrogens is 359 g/mol. The summed E-state index contributed by atoms with van der Waals surface area (Å²) in [5, 5.41) is 14.4. The lowest BCUT2D eigenvalue weighted by Crippen LogP contribution is -2.30. The van der Waals surface area contributed by atoms with Crippen molar-refractivity contribution >= 4 is 17.5 Å². The minimum absolute atomic E-state index is 0.0178. The Morgan fingerprint density at radius 2 is 1.77 bits per heavy atom. The van der Waals surface area contributed by atoms with Crippen molar-refractivity contribution in [2.75, 3.05) is 17.2 Å². The van der Waals surface area contributed by atoms with E-state index in [2.05, 4.69) is 20.6 Å². The summed E-state index contributed by atoms with van der Waals surface area (Å²) in [5.41, 5.74) is -1.20. The first-order valence-corrected chi connectivity index (χ1v) is 7.66. The molecule has 1 atom stereocenters. The fourth-order valence-electron chi connectivity index (χ4n) is 2.03. The van der Waals surface area contributed by atoms with Crippen LogP contribution in [-0.4, -0.2) is 27.7 Å². The van der Waals surface area contributed by atoms with Crippen molar-refractivity contribution in [3.05, 3.63) is 41.6 Å². The van der Waals surface area contributed by atoms with Crippen LogP contribution in [0.15, 0.2) is 24.3 Å². The molecule has 1 aromatic heterocycles. The zero-order valence-corrected chi connectivity index (χ0v) is 13.9. The van der Waals surface area contributed by atoms with Gasteiger partial charge in [-0.1, -0.05) is 13.8 Å². The van der Waals surface area contributed by atoms with E-state index in [1.54, 1.807) is 13.8 Å². The number of hydrogen-bond donors (Lipinski definition) is 3. The second-order valence-corrected chi connectivity index (χ2v) is 5.89. The summed E-state index contributed by atoms with van der Waals surface area (Å²) in [6.07, 6.45) is -4.74. The van der Waals surface area contributed by atoms with Gasteiger partial charge < -0.3 is 15.7 Å². The van der Waals surface area contributed by atoms with Crippen LogP contribution in [0.4, 0.5) is 39.4 Å². The Labute approximate surface area is 146 Å². The van der Waals surface area contributed by atoms with Crippen LogP contribution in [0.3, 0.4) is 0 Å². The highest BCUT2D eigenvalue weighted by Crippen LogP contribution is 2.31. The topological polar surface area (TPSA) is 70.1 Å². The number of aromatic nitrogens is 2. The molecule has 2 rings (SSSR count). The first kappa shape index (κ1) is 19.8. The van der Waals surface area contributed by atoms with Gasteiger partial charge in [-0.25, -0.2) is 13.8 Å². The van der Waals surface area contributed by atoms with Gasteiger partial charge in [-0.05, 0) is 18.1 Å². The number of hydrogen-bond acceptors (Lipinski definition) is 5. The Morgan fingerprint density at radius 3 is 2.31 bits per heavy atom. The van der Waals surface area contributed by atoms with Crippen molar-refractivity contribution in [3.63, 3.8) is 0 Å². The number of benzene rings is 1. The van der Waals surface area contributed by atoms with Gasteiger partial charge in [-0.15, -0.1) is 0 Å². The molecule has 2 aromatic rings. The van der Waals surface area contributed by atoms with Crippen LogP contribution in [0.2, 0.25) is 0 Å². The third-order valence-electron chi connectivity index (χ3n) is 3.52.